The Bertz CT molecular complexity index is 1500. The van der Waals surface area contributed by atoms with Crippen LogP contribution in [0.3, 0.4) is 0 Å². The van der Waals surface area contributed by atoms with Crippen LogP contribution in [0.25, 0.3) is 10.2 Å². The summed E-state index contributed by atoms with van der Waals surface area (Å²) in [4.78, 5) is 24.5. The highest BCUT2D eigenvalue weighted by Crippen LogP contribution is 2.35. The molecular formula is C27H28N4O4S2. The van der Waals surface area contributed by atoms with Crippen LogP contribution in [0, 0.1) is 0 Å². The fourth-order valence-electron chi connectivity index (χ4n) is 4.58. The molecule has 0 spiro atoms. The van der Waals surface area contributed by atoms with Crippen molar-refractivity contribution in [2.24, 2.45) is 0 Å². The average Bonchev–Trinajstić information content (AvgIpc) is 3.36. The van der Waals surface area contributed by atoms with Crippen LogP contribution in [-0.2, 0) is 16.6 Å². The van der Waals surface area contributed by atoms with Crippen molar-refractivity contribution in [2.45, 2.75) is 43.7 Å². The Morgan fingerprint density at radius 2 is 1.95 bits per heavy atom. The summed E-state index contributed by atoms with van der Waals surface area (Å²) in [6.45, 7) is 2.72. The van der Waals surface area contributed by atoms with Gasteiger partial charge in [-0.25, -0.2) is 13.4 Å². The molecular weight excluding hydrogens is 508 g/mol. The number of para-hydroxylation sites is 1. The molecule has 0 bridgehead atoms. The molecule has 2 aromatic carbocycles. The number of sulfonamides is 1. The molecule has 5 rings (SSSR count). The molecule has 4 aromatic rings. The Labute approximate surface area is 220 Å². The predicted molar refractivity (Wildman–Crippen MR) is 145 cm³/mol. The lowest BCUT2D eigenvalue weighted by Gasteiger charge is -2.32. The molecule has 8 nitrogen and oxygen atoms in total. The second-order valence-corrected chi connectivity index (χ2v) is 11.9. The average molecular weight is 537 g/mol. The monoisotopic (exact) mass is 536 g/mol. The van der Waals surface area contributed by atoms with Crippen LogP contribution in [0.5, 0.6) is 5.75 Å². The predicted octanol–water partition coefficient (Wildman–Crippen LogP) is 5.11. The second kappa shape index (κ2) is 10.6. The number of fused-ring (bicyclic) bond motifs is 1. The highest BCUT2D eigenvalue weighted by molar-refractivity contribution is 7.89. The second-order valence-electron chi connectivity index (χ2n) is 9.04. The smallest absolute Gasteiger partial charge is 0.260 e. The van der Waals surface area contributed by atoms with Crippen molar-refractivity contribution >= 4 is 42.6 Å². The maximum atomic E-state index is 13.8. The molecule has 192 valence electrons. The molecule has 0 N–H and O–H groups in total. The van der Waals surface area contributed by atoms with Gasteiger partial charge in [0.2, 0.25) is 10.0 Å². The Morgan fingerprint density at radius 3 is 2.65 bits per heavy atom. The SMILES string of the molecule is COc1cccc2sc(N(Cc3cccnc3)C(=O)c3ccc(S(=O)(=O)N4CCCCC4C)cc3)nc12. The molecule has 2 aromatic heterocycles. The summed E-state index contributed by atoms with van der Waals surface area (Å²) in [5.74, 6) is 0.354. The van der Waals surface area contributed by atoms with Crippen molar-refractivity contribution in [3.05, 3.63) is 78.1 Å². The molecule has 37 heavy (non-hydrogen) atoms. The maximum absolute atomic E-state index is 13.8. The topological polar surface area (TPSA) is 92.7 Å². The van der Waals surface area contributed by atoms with Crippen LogP contribution in [0.2, 0.25) is 0 Å². The molecule has 3 heterocycles. The number of hydrogen-bond donors (Lipinski definition) is 0. The number of nitrogens with zero attached hydrogens (tertiary/aromatic N) is 4. The van der Waals surface area contributed by atoms with E-state index in [0.717, 1.165) is 29.5 Å². The van der Waals surface area contributed by atoms with E-state index in [2.05, 4.69) is 4.98 Å². The zero-order valence-electron chi connectivity index (χ0n) is 20.7. The molecule has 0 aliphatic carbocycles. The number of carbonyl (C=O) groups is 1. The van der Waals surface area contributed by atoms with Gasteiger partial charge in [-0.15, -0.1) is 0 Å². The normalized spacial score (nSPS) is 16.5. The van der Waals surface area contributed by atoms with Gasteiger partial charge in [0.1, 0.15) is 11.3 Å². The van der Waals surface area contributed by atoms with Gasteiger partial charge in [-0.3, -0.25) is 14.7 Å². The third-order valence-electron chi connectivity index (χ3n) is 6.58. The summed E-state index contributed by atoms with van der Waals surface area (Å²) in [6.07, 6.45) is 6.14. The first-order valence-electron chi connectivity index (χ1n) is 12.1. The zero-order chi connectivity index (χ0) is 26.0. The van der Waals surface area contributed by atoms with Gasteiger partial charge in [-0.2, -0.15) is 4.31 Å². The van der Waals surface area contributed by atoms with Crippen LogP contribution in [-0.4, -0.2) is 48.3 Å². The first-order chi connectivity index (χ1) is 17.9. The Hall–Kier alpha value is -3.34. The minimum Gasteiger partial charge on any atom is -0.494 e. The minimum absolute atomic E-state index is 0.0361. The van der Waals surface area contributed by atoms with E-state index in [0.29, 0.717) is 28.5 Å². The summed E-state index contributed by atoms with van der Waals surface area (Å²) in [6, 6.07) is 15.5. The molecule has 0 radical (unpaired) electrons. The van der Waals surface area contributed by atoms with E-state index >= 15 is 0 Å². The first kappa shape index (κ1) is 25.3. The highest BCUT2D eigenvalue weighted by atomic mass is 32.2. The summed E-state index contributed by atoms with van der Waals surface area (Å²) in [7, 11) is -2.03. The first-order valence-corrected chi connectivity index (χ1v) is 14.4. The number of ether oxygens (including phenoxy) is 1. The Balaban J connectivity index is 1.48. The lowest BCUT2D eigenvalue weighted by molar-refractivity contribution is 0.0985. The van der Waals surface area contributed by atoms with Gasteiger partial charge in [0.15, 0.2) is 5.13 Å². The Morgan fingerprint density at radius 1 is 1.14 bits per heavy atom. The summed E-state index contributed by atoms with van der Waals surface area (Å²) in [5, 5.41) is 0.521. The summed E-state index contributed by atoms with van der Waals surface area (Å²) >= 11 is 1.39. The van der Waals surface area contributed by atoms with Crippen LogP contribution in [0.4, 0.5) is 5.13 Å². The Kier molecular flexibility index (Phi) is 7.23. The van der Waals surface area contributed by atoms with E-state index in [4.69, 9.17) is 9.72 Å². The number of anilines is 1. The number of piperidine rings is 1. The number of pyridine rings is 1. The van der Waals surface area contributed by atoms with Gasteiger partial charge in [0.05, 0.1) is 23.2 Å². The van der Waals surface area contributed by atoms with Crippen LogP contribution in [0.15, 0.2) is 71.9 Å². The van der Waals surface area contributed by atoms with E-state index in [1.165, 1.54) is 23.5 Å². The standard InChI is InChI=1S/C27H28N4O4S2/c1-19-7-3-4-16-31(19)37(33,34)22-13-11-21(12-14-22)26(32)30(18-20-8-6-15-28-17-20)27-29-25-23(35-2)9-5-10-24(25)36-27/h5-6,8-15,17,19H,3-4,7,16,18H2,1-2H3. The number of methoxy groups -OCH3 is 1. The van der Waals surface area contributed by atoms with Crippen molar-refractivity contribution in [3.8, 4) is 5.75 Å². The lowest BCUT2D eigenvalue weighted by atomic mass is 10.1. The third-order valence-corrected chi connectivity index (χ3v) is 9.65. The molecule has 1 aliphatic rings. The number of hydrogen-bond acceptors (Lipinski definition) is 7. The lowest BCUT2D eigenvalue weighted by Crippen LogP contribution is -2.41. The minimum atomic E-state index is -3.62. The number of thiazole rings is 1. The number of rotatable bonds is 7. The van der Waals surface area contributed by atoms with Crippen LogP contribution in [0.1, 0.15) is 42.1 Å². The number of carbonyl (C=O) groups excluding carboxylic acids is 1. The van der Waals surface area contributed by atoms with Gasteiger partial charge >= 0.3 is 0 Å². The molecule has 0 saturated carbocycles. The van der Waals surface area contributed by atoms with Gasteiger partial charge in [0, 0.05) is 30.5 Å². The largest absolute Gasteiger partial charge is 0.494 e. The van der Waals surface area contributed by atoms with Crippen molar-refractivity contribution in [2.75, 3.05) is 18.6 Å². The van der Waals surface area contributed by atoms with E-state index in [1.54, 1.807) is 40.8 Å². The number of aromatic nitrogens is 2. The van der Waals surface area contributed by atoms with E-state index < -0.39 is 10.0 Å². The molecule has 1 aliphatic heterocycles. The summed E-state index contributed by atoms with van der Waals surface area (Å²) in [5.41, 5.74) is 1.91. The number of benzene rings is 2. The van der Waals surface area contributed by atoms with Crippen LogP contribution >= 0.6 is 11.3 Å². The van der Waals surface area contributed by atoms with Crippen molar-refractivity contribution in [1.82, 2.24) is 14.3 Å². The molecule has 1 unspecified atom stereocenters. The van der Waals surface area contributed by atoms with Crippen molar-refractivity contribution < 1.29 is 17.9 Å². The molecule has 1 saturated heterocycles. The van der Waals surface area contributed by atoms with E-state index in [-0.39, 0.29) is 23.4 Å². The molecule has 1 amide bonds. The fraction of sp³-hybridized carbons (Fsp3) is 0.296. The van der Waals surface area contributed by atoms with Gasteiger partial charge in [-0.1, -0.05) is 29.9 Å². The highest BCUT2D eigenvalue weighted by Gasteiger charge is 2.31. The van der Waals surface area contributed by atoms with Gasteiger partial charge in [0.25, 0.3) is 5.91 Å². The van der Waals surface area contributed by atoms with Crippen LogP contribution < -0.4 is 9.64 Å². The third kappa shape index (κ3) is 5.09. The van der Waals surface area contributed by atoms with E-state index in [9.17, 15) is 13.2 Å². The quantitative estimate of drug-likeness (QED) is 0.326. The van der Waals surface area contributed by atoms with Crippen molar-refractivity contribution in [1.29, 1.82) is 0 Å². The molecule has 1 fully saturated rings. The fourth-order valence-corrected chi connectivity index (χ4v) is 7.26. The van der Waals surface area contributed by atoms with Crippen molar-refractivity contribution in [3.63, 3.8) is 0 Å². The molecule has 1 atom stereocenters. The maximum Gasteiger partial charge on any atom is 0.260 e. The zero-order valence-corrected chi connectivity index (χ0v) is 22.3. The molecule has 10 heteroatoms. The summed E-state index contributed by atoms with van der Waals surface area (Å²) < 4.78 is 34.4. The number of amides is 1. The van der Waals surface area contributed by atoms with Gasteiger partial charge < -0.3 is 4.74 Å². The van der Waals surface area contributed by atoms with Gasteiger partial charge in [-0.05, 0) is 67.8 Å². The van der Waals surface area contributed by atoms with E-state index in [1.807, 2.05) is 37.3 Å².